The number of piperidine rings is 1. The van der Waals surface area contributed by atoms with E-state index in [9.17, 15) is 0 Å². The Balaban J connectivity index is 1.92. The maximum atomic E-state index is 5.71. The summed E-state index contributed by atoms with van der Waals surface area (Å²) >= 11 is 3.53. The van der Waals surface area contributed by atoms with E-state index in [2.05, 4.69) is 33.0 Å². The third-order valence-electron chi connectivity index (χ3n) is 3.66. The predicted molar refractivity (Wildman–Crippen MR) is 77.7 cm³/mol. The minimum Gasteiger partial charge on any atom is -0.496 e. The van der Waals surface area contributed by atoms with Crippen LogP contribution in [-0.2, 0) is 6.54 Å². The van der Waals surface area contributed by atoms with Gasteiger partial charge in [0.1, 0.15) is 5.75 Å². The standard InChI is InChI=1S/C14H21BrN2O/c1-18-14-3-2-12(8-13(14)15)10-17-6-4-11(9-16)5-7-17/h2-3,8,11H,4-7,9-10,16H2,1H3. The van der Waals surface area contributed by atoms with Crippen molar-refractivity contribution in [3.63, 3.8) is 0 Å². The maximum absolute atomic E-state index is 5.71. The quantitative estimate of drug-likeness (QED) is 0.929. The Bertz CT molecular complexity index is 389. The lowest BCUT2D eigenvalue weighted by atomic mass is 9.97. The highest BCUT2D eigenvalue weighted by molar-refractivity contribution is 9.10. The molecule has 2 N–H and O–H groups in total. The van der Waals surface area contributed by atoms with Gasteiger partial charge < -0.3 is 10.5 Å². The Morgan fingerprint density at radius 2 is 2.11 bits per heavy atom. The van der Waals surface area contributed by atoms with Gasteiger partial charge in [-0.15, -0.1) is 0 Å². The molecule has 0 saturated carbocycles. The van der Waals surface area contributed by atoms with Gasteiger partial charge in [0.05, 0.1) is 11.6 Å². The zero-order valence-electron chi connectivity index (χ0n) is 10.9. The van der Waals surface area contributed by atoms with E-state index >= 15 is 0 Å². The van der Waals surface area contributed by atoms with Crippen LogP contribution in [-0.4, -0.2) is 31.6 Å². The van der Waals surface area contributed by atoms with Crippen molar-refractivity contribution in [3.05, 3.63) is 28.2 Å². The highest BCUT2D eigenvalue weighted by Gasteiger charge is 2.18. The average molecular weight is 313 g/mol. The summed E-state index contributed by atoms with van der Waals surface area (Å²) in [5.41, 5.74) is 7.04. The molecule has 0 radical (unpaired) electrons. The molecule has 3 nitrogen and oxygen atoms in total. The number of likely N-dealkylation sites (tertiary alicyclic amines) is 1. The zero-order valence-corrected chi connectivity index (χ0v) is 12.4. The summed E-state index contributed by atoms with van der Waals surface area (Å²) in [6.07, 6.45) is 2.46. The molecule has 0 spiro atoms. The fraction of sp³-hybridized carbons (Fsp3) is 0.571. The fourth-order valence-corrected chi connectivity index (χ4v) is 3.03. The fourth-order valence-electron chi connectivity index (χ4n) is 2.45. The predicted octanol–water partition coefficient (Wildman–Crippen LogP) is 2.63. The number of methoxy groups -OCH3 is 1. The maximum Gasteiger partial charge on any atom is 0.133 e. The van der Waals surface area contributed by atoms with E-state index in [0.29, 0.717) is 0 Å². The van der Waals surface area contributed by atoms with Crippen LogP contribution in [0.3, 0.4) is 0 Å². The molecule has 0 amide bonds. The molecule has 1 aliphatic rings. The Kier molecular flexibility index (Phi) is 5.03. The van der Waals surface area contributed by atoms with Crippen LogP contribution in [0.1, 0.15) is 18.4 Å². The van der Waals surface area contributed by atoms with E-state index in [1.165, 1.54) is 18.4 Å². The summed E-state index contributed by atoms with van der Waals surface area (Å²) in [5.74, 6) is 1.62. The summed E-state index contributed by atoms with van der Waals surface area (Å²) in [6.45, 7) is 4.17. The molecule has 0 aliphatic carbocycles. The van der Waals surface area contributed by atoms with Crippen LogP contribution in [0, 0.1) is 5.92 Å². The molecule has 2 rings (SSSR count). The monoisotopic (exact) mass is 312 g/mol. The topological polar surface area (TPSA) is 38.5 Å². The molecular weight excluding hydrogens is 292 g/mol. The van der Waals surface area contributed by atoms with Crippen LogP contribution in [0.2, 0.25) is 0 Å². The Labute approximate surface area is 117 Å². The van der Waals surface area contributed by atoms with Gasteiger partial charge in [0, 0.05) is 6.54 Å². The zero-order chi connectivity index (χ0) is 13.0. The Morgan fingerprint density at radius 3 is 2.67 bits per heavy atom. The molecule has 0 atom stereocenters. The van der Waals surface area contributed by atoms with E-state index in [1.54, 1.807) is 7.11 Å². The van der Waals surface area contributed by atoms with Gasteiger partial charge in [-0.25, -0.2) is 0 Å². The SMILES string of the molecule is COc1ccc(CN2CCC(CN)CC2)cc1Br. The highest BCUT2D eigenvalue weighted by atomic mass is 79.9. The van der Waals surface area contributed by atoms with Crippen LogP contribution in [0.15, 0.2) is 22.7 Å². The molecule has 0 bridgehead atoms. The van der Waals surface area contributed by atoms with Crippen molar-refractivity contribution >= 4 is 15.9 Å². The largest absolute Gasteiger partial charge is 0.496 e. The van der Waals surface area contributed by atoms with Crippen molar-refractivity contribution in [2.45, 2.75) is 19.4 Å². The van der Waals surface area contributed by atoms with Gasteiger partial charge >= 0.3 is 0 Å². The third kappa shape index (κ3) is 3.46. The van der Waals surface area contributed by atoms with Crippen molar-refractivity contribution in [2.24, 2.45) is 11.7 Å². The first-order valence-corrected chi connectivity index (χ1v) is 7.27. The molecule has 0 unspecified atom stereocenters. The Hall–Kier alpha value is -0.580. The second-order valence-corrected chi connectivity index (χ2v) is 5.78. The Morgan fingerprint density at radius 1 is 1.39 bits per heavy atom. The molecule has 18 heavy (non-hydrogen) atoms. The summed E-state index contributed by atoms with van der Waals surface area (Å²) in [4.78, 5) is 2.50. The normalized spacial score (nSPS) is 17.9. The van der Waals surface area contributed by atoms with E-state index in [1.807, 2.05) is 6.07 Å². The summed E-state index contributed by atoms with van der Waals surface area (Å²) < 4.78 is 6.27. The van der Waals surface area contributed by atoms with Gasteiger partial charge in [0.25, 0.3) is 0 Å². The van der Waals surface area contributed by atoms with E-state index in [4.69, 9.17) is 10.5 Å². The molecule has 1 aliphatic heterocycles. The summed E-state index contributed by atoms with van der Waals surface area (Å²) in [6, 6.07) is 6.30. The number of rotatable bonds is 4. The lowest BCUT2D eigenvalue weighted by Gasteiger charge is -2.31. The van der Waals surface area contributed by atoms with Gasteiger partial charge in [-0.3, -0.25) is 4.90 Å². The molecular formula is C14H21BrN2O. The number of nitrogens with two attached hydrogens (primary N) is 1. The molecule has 1 heterocycles. The molecule has 1 aromatic carbocycles. The van der Waals surface area contributed by atoms with Crippen LogP contribution in [0.25, 0.3) is 0 Å². The second kappa shape index (κ2) is 6.55. The molecule has 100 valence electrons. The number of nitrogens with zero attached hydrogens (tertiary/aromatic N) is 1. The number of hydrogen-bond donors (Lipinski definition) is 1. The lowest BCUT2D eigenvalue weighted by molar-refractivity contribution is 0.180. The number of halogens is 1. The smallest absolute Gasteiger partial charge is 0.133 e. The number of ether oxygens (including phenoxy) is 1. The van der Waals surface area contributed by atoms with Crippen LogP contribution < -0.4 is 10.5 Å². The summed E-state index contributed by atoms with van der Waals surface area (Å²) in [5, 5.41) is 0. The first-order chi connectivity index (χ1) is 8.72. The lowest BCUT2D eigenvalue weighted by Crippen LogP contribution is -2.35. The molecule has 4 heteroatoms. The second-order valence-electron chi connectivity index (χ2n) is 4.92. The van der Waals surface area contributed by atoms with Gasteiger partial charge in [0.15, 0.2) is 0 Å². The van der Waals surface area contributed by atoms with Crippen molar-refractivity contribution in [1.29, 1.82) is 0 Å². The number of hydrogen-bond acceptors (Lipinski definition) is 3. The first kappa shape index (κ1) is 13.8. The highest BCUT2D eigenvalue weighted by Crippen LogP contribution is 2.26. The van der Waals surface area contributed by atoms with E-state index in [-0.39, 0.29) is 0 Å². The van der Waals surface area contributed by atoms with Crippen molar-refractivity contribution in [1.82, 2.24) is 4.90 Å². The van der Waals surface area contributed by atoms with Gasteiger partial charge in [0.2, 0.25) is 0 Å². The molecule has 1 saturated heterocycles. The van der Waals surface area contributed by atoms with E-state index in [0.717, 1.165) is 42.3 Å². The average Bonchev–Trinajstić information content (AvgIpc) is 2.40. The molecule has 0 aromatic heterocycles. The number of benzene rings is 1. The van der Waals surface area contributed by atoms with Gasteiger partial charge in [-0.1, -0.05) is 6.07 Å². The first-order valence-electron chi connectivity index (χ1n) is 6.47. The summed E-state index contributed by atoms with van der Waals surface area (Å²) in [7, 11) is 1.69. The van der Waals surface area contributed by atoms with Crippen molar-refractivity contribution < 1.29 is 4.74 Å². The third-order valence-corrected chi connectivity index (χ3v) is 4.28. The van der Waals surface area contributed by atoms with Crippen LogP contribution in [0.4, 0.5) is 0 Å². The van der Waals surface area contributed by atoms with Crippen molar-refractivity contribution in [3.8, 4) is 5.75 Å². The minimum atomic E-state index is 0.726. The van der Waals surface area contributed by atoms with Crippen LogP contribution in [0.5, 0.6) is 5.75 Å². The molecule has 1 fully saturated rings. The van der Waals surface area contributed by atoms with Gasteiger partial charge in [-0.2, -0.15) is 0 Å². The van der Waals surface area contributed by atoms with Gasteiger partial charge in [-0.05, 0) is 72.0 Å². The van der Waals surface area contributed by atoms with E-state index < -0.39 is 0 Å². The van der Waals surface area contributed by atoms with Crippen molar-refractivity contribution in [2.75, 3.05) is 26.7 Å². The minimum absolute atomic E-state index is 0.726. The molecule has 1 aromatic rings. The van der Waals surface area contributed by atoms with Crippen LogP contribution >= 0.6 is 15.9 Å².